The van der Waals surface area contributed by atoms with Crippen LogP contribution < -0.4 is 5.32 Å². The molecule has 0 fully saturated rings. The molecule has 3 rings (SSSR count). The van der Waals surface area contributed by atoms with Crippen LogP contribution >= 0.6 is 11.8 Å². The Bertz CT molecular complexity index is 550. The maximum atomic E-state index is 11.2. The highest BCUT2D eigenvalue weighted by atomic mass is 32.2. The standard InChI is InChI=1S/C12H7NOS/c14-8-5-6-10-12(7-8)15-11-4-2-1-3-9(11)13-10/h1-5,7,13H. The van der Waals surface area contributed by atoms with Crippen molar-refractivity contribution in [3.63, 3.8) is 0 Å². The van der Waals surface area contributed by atoms with Crippen LogP contribution in [0.5, 0.6) is 0 Å². The number of allylic oxidation sites excluding steroid dienone is 1. The van der Waals surface area contributed by atoms with Gasteiger partial charge in [0.25, 0.3) is 0 Å². The van der Waals surface area contributed by atoms with E-state index in [1.807, 2.05) is 24.3 Å². The van der Waals surface area contributed by atoms with Gasteiger partial charge >= 0.3 is 0 Å². The van der Waals surface area contributed by atoms with E-state index in [1.165, 1.54) is 6.08 Å². The molecule has 1 heterocycles. The molecule has 1 aromatic carbocycles. The molecular formula is C12H7NOS. The smallest absolute Gasteiger partial charge is 0.187 e. The van der Waals surface area contributed by atoms with Gasteiger partial charge in [0.2, 0.25) is 0 Å². The Hall–Kier alpha value is -1.70. The van der Waals surface area contributed by atoms with Gasteiger partial charge in [-0.3, -0.25) is 4.79 Å². The average molecular weight is 213 g/mol. The number of benzene rings is 1. The number of thioether (sulfide) groups is 1. The minimum absolute atomic E-state index is 0.00225. The molecule has 1 aromatic rings. The van der Waals surface area contributed by atoms with Crippen molar-refractivity contribution < 1.29 is 4.79 Å². The molecule has 2 aliphatic rings. The van der Waals surface area contributed by atoms with Gasteiger partial charge in [0, 0.05) is 22.0 Å². The zero-order chi connectivity index (χ0) is 10.3. The molecule has 0 saturated heterocycles. The summed E-state index contributed by atoms with van der Waals surface area (Å²) in [5.41, 5.74) is 4.91. The van der Waals surface area contributed by atoms with E-state index in [0.29, 0.717) is 0 Å². The summed E-state index contributed by atoms with van der Waals surface area (Å²) < 4.78 is 0. The second-order valence-corrected chi connectivity index (χ2v) is 4.38. The Kier molecular flexibility index (Phi) is 1.81. The molecule has 0 bridgehead atoms. The lowest BCUT2D eigenvalue weighted by atomic mass is 10.2. The van der Waals surface area contributed by atoms with Gasteiger partial charge in [0.15, 0.2) is 5.78 Å². The Morgan fingerprint density at radius 3 is 3.07 bits per heavy atom. The Labute approximate surface area is 91.4 Å². The van der Waals surface area contributed by atoms with Crippen LogP contribution in [-0.4, -0.2) is 5.78 Å². The SMILES string of the molecule is O=C1C=C=C2Nc3ccccc3SC2=C1. The quantitative estimate of drug-likeness (QED) is 0.672. The fourth-order valence-corrected chi connectivity index (χ4v) is 2.55. The topological polar surface area (TPSA) is 29.1 Å². The molecule has 0 atom stereocenters. The van der Waals surface area contributed by atoms with E-state index in [1.54, 1.807) is 17.8 Å². The molecule has 1 N–H and O–H groups in total. The third kappa shape index (κ3) is 1.42. The minimum Gasteiger partial charge on any atom is -0.347 e. The highest BCUT2D eigenvalue weighted by Crippen LogP contribution is 2.42. The minimum atomic E-state index is 0.00225. The van der Waals surface area contributed by atoms with Gasteiger partial charge in [-0.05, 0) is 12.1 Å². The molecule has 0 amide bonds. The summed E-state index contributed by atoms with van der Waals surface area (Å²) in [6.45, 7) is 0. The summed E-state index contributed by atoms with van der Waals surface area (Å²) in [6.07, 6.45) is 3.10. The second-order valence-electron chi connectivity index (χ2n) is 3.30. The van der Waals surface area contributed by atoms with E-state index in [-0.39, 0.29) is 5.78 Å². The first-order valence-electron chi connectivity index (χ1n) is 4.59. The lowest BCUT2D eigenvalue weighted by molar-refractivity contribution is -0.110. The predicted octanol–water partition coefficient (Wildman–Crippen LogP) is 2.71. The van der Waals surface area contributed by atoms with E-state index < -0.39 is 0 Å². The van der Waals surface area contributed by atoms with Crippen LogP contribution in [0.1, 0.15) is 0 Å². The molecule has 0 saturated carbocycles. The average Bonchev–Trinajstić information content (AvgIpc) is 2.26. The number of ketones is 1. The lowest BCUT2D eigenvalue weighted by Crippen LogP contribution is -2.09. The number of carbonyl (C=O) groups is 1. The highest BCUT2D eigenvalue weighted by molar-refractivity contribution is 8.03. The molecule has 0 aromatic heterocycles. The third-order valence-corrected chi connectivity index (χ3v) is 3.36. The van der Waals surface area contributed by atoms with E-state index in [2.05, 4.69) is 11.0 Å². The zero-order valence-electron chi connectivity index (χ0n) is 7.78. The van der Waals surface area contributed by atoms with Crippen molar-refractivity contribution in [1.82, 2.24) is 0 Å². The van der Waals surface area contributed by atoms with Crippen molar-refractivity contribution in [2.45, 2.75) is 4.90 Å². The van der Waals surface area contributed by atoms with Crippen LogP contribution in [0.2, 0.25) is 0 Å². The summed E-state index contributed by atoms with van der Waals surface area (Å²) in [6, 6.07) is 8.03. The monoisotopic (exact) mass is 213 g/mol. The Balaban J connectivity index is 2.14. The van der Waals surface area contributed by atoms with Crippen molar-refractivity contribution in [2.24, 2.45) is 0 Å². The molecular weight excluding hydrogens is 206 g/mol. The molecule has 72 valence electrons. The van der Waals surface area contributed by atoms with Crippen LogP contribution in [0.15, 0.2) is 57.6 Å². The lowest BCUT2D eigenvalue weighted by Gasteiger charge is -2.22. The van der Waals surface area contributed by atoms with E-state index in [9.17, 15) is 4.79 Å². The molecule has 3 heteroatoms. The summed E-state index contributed by atoms with van der Waals surface area (Å²) in [5, 5.41) is 3.25. The van der Waals surface area contributed by atoms with Crippen LogP contribution in [0.4, 0.5) is 5.69 Å². The number of carbonyl (C=O) groups excluding carboxylic acids is 1. The first-order valence-corrected chi connectivity index (χ1v) is 5.41. The van der Waals surface area contributed by atoms with Crippen molar-refractivity contribution in [2.75, 3.05) is 5.32 Å². The number of anilines is 1. The molecule has 0 spiro atoms. The van der Waals surface area contributed by atoms with E-state index in [4.69, 9.17) is 0 Å². The maximum Gasteiger partial charge on any atom is 0.187 e. The molecule has 1 aliphatic carbocycles. The third-order valence-electron chi connectivity index (χ3n) is 2.25. The van der Waals surface area contributed by atoms with Gasteiger partial charge in [0.05, 0.1) is 11.4 Å². The van der Waals surface area contributed by atoms with Gasteiger partial charge in [0.1, 0.15) is 0 Å². The molecule has 0 radical (unpaired) electrons. The van der Waals surface area contributed by atoms with Gasteiger partial charge < -0.3 is 5.32 Å². The first-order chi connectivity index (χ1) is 7.33. The van der Waals surface area contributed by atoms with E-state index >= 15 is 0 Å². The van der Waals surface area contributed by atoms with Gasteiger partial charge in [-0.25, -0.2) is 0 Å². The Morgan fingerprint density at radius 1 is 1.27 bits per heavy atom. The summed E-state index contributed by atoms with van der Waals surface area (Å²) in [7, 11) is 0. The van der Waals surface area contributed by atoms with Crippen LogP contribution in [0, 0.1) is 0 Å². The fourth-order valence-electron chi connectivity index (χ4n) is 1.55. The number of hydrogen-bond acceptors (Lipinski definition) is 3. The molecule has 15 heavy (non-hydrogen) atoms. The summed E-state index contributed by atoms with van der Waals surface area (Å²) >= 11 is 1.60. The highest BCUT2D eigenvalue weighted by Gasteiger charge is 2.19. The summed E-state index contributed by atoms with van der Waals surface area (Å²) in [4.78, 5) is 13.3. The predicted molar refractivity (Wildman–Crippen MR) is 60.6 cm³/mol. The normalized spacial score (nSPS) is 17.2. The van der Waals surface area contributed by atoms with Crippen LogP contribution in [0.3, 0.4) is 0 Å². The molecule has 0 unspecified atom stereocenters. The van der Waals surface area contributed by atoms with Crippen molar-refractivity contribution in [3.8, 4) is 0 Å². The van der Waals surface area contributed by atoms with Crippen molar-refractivity contribution in [3.05, 3.63) is 52.8 Å². The number of para-hydroxylation sites is 1. The van der Waals surface area contributed by atoms with Gasteiger partial charge in [-0.15, -0.1) is 0 Å². The first kappa shape index (κ1) is 8.60. The zero-order valence-corrected chi connectivity index (χ0v) is 8.60. The number of fused-ring (bicyclic) bond motifs is 2. The molecule has 1 aliphatic heterocycles. The van der Waals surface area contributed by atoms with E-state index in [0.717, 1.165) is 21.2 Å². The van der Waals surface area contributed by atoms with Crippen LogP contribution in [0.25, 0.3) is 0 Å². The maximum absolute atomic E-state index is 11.2. The van der Waals surface area contributed by atoms with Crippen LogP contribution in [-0.2, 0) is 4.79 Å². The number of hydrogen-bond donors (Lipinski definition) is 1. The fraction of sp³-hybridized carbons (Fsp3) is 0. The second kappa shape index (κ2) is 3.16. The summed E-state index contributed by atoms with van der Waals surface area (Å²) in [5.74, 6) is 0.00225. The van der Waals surface area contributed by atoms with Crippen molar-refractivity contribution in [1.29, 1.82) is 0 Å². The largest absolute Gasteiger partial charge is 0.347 e. The molecule has 2 nitrogen and oxygen atoms in total. The number of rotatable bonds is 0. The van der Waals surface area contributed by atoms with Gasteiger partial charge in [-0.1, -0.05) is 29.6 Å². The van der Waals surface area contributed by atoms with Gasteiger partial charge in [-0.2, -0.15) is 0 Å². The Morgan fingerprint density at radius 2 is 2.13 bits per heavy atom. The van der Waals surface area contributed by atoms with Crippen molar-refractivity contribution >= 4 is 23.2 Å². The number of nitrogens with one attached hydrogen (secondary N) is 1.